The Hall–Kier alpha value is -1.26. The van der Waals surface area contributed by atoms with E-state index in [1.807, 2.05) is 4.90 Å². The molecule has 1 aliphatic rings. The molecule has 0 aromatic heterocycles. The molecule has 0 unspecified atom stereocenters. The van der Waals surface area contributed by atoms with E-state index in [9.17, 15) is 4.79 Å². The number of rotatable bonds is 2. The van der Waals surface area contributed by atoms with Gasteiger partial charge in [0, 0.05) is 26.2 Å². The number of ether oxygens (including phenoxy) is 1. The lowest BCUT2D eigenvalue weighted by atomic mass is 10.1. The van der Waals surface area contributed by atoms with Crippen LogP contribution in [0.15, 0.2) is 18.2 Å². The summed E-state index contributed by atoms with van der Waals surface area (Å²) < 4.78 is 5.07. The number of methoxy groups -OCH3 is 1. The first kappa shape index (κ1) is 13.2. The topological polar surface area (TPSA) is 32.8 Å². The van der Waals surface area contributed by atoms with Crippen molar-refractivity contribution in [1.82, 2.24) is 9.80 Å². The second-order valence-corrected chi connectivity index (χ2v) is 4.85. The first-order chi connectivity index (χ1) is 8.61. The Morgan fingerprint density at radius 2 is 1.94 bits per heavy atom. The highest BCUT2D eigenvalue weighted by molar-refractivity contribution is 6.34. The van der Waals surface area contributed by atoms with Crippen LogP contribution >= 0.6 is 11.6 Å². The van der Waals surface area contributed by atoms with E-state index >= 15 is 0 Å². The fourth-order valence-corrected chi connectivity index (χ4v) is 2.23. The van der Waals surface area contributed by atoms with E-state index in [1.165, 1.54) is 0 Å². The molecule has 0 aliphatic carbocycles. The number of halogens is 1. The summed E-state index contributed by atoms with van der Waals surface area (Å²) in [6.07, 6.45) is 0. The molecule has 0 bridgehead atoms. The van der Waals surface area contributed by atoms with Crippen molar-refractivity contribution < 1.29 is 9.53 Å². The van der Waals surface area contributed by atoms with Crippen molar-refractivity contribution in [1.29, 1.82) is 0 Å². The van der Waals surface area contributed by atoms with E-state index in [4.69, 9.17) is 16.3 Å². The highest BCUT2D eigenvalue weighted by Gasteiger charge is 2.22. The van der Waals surface area contributed by atoms with Crippen LogP contribution in [0.5, 0.6) is 5.75 Å². The molecule has 0 saturated carbocycles. The number of likely N-dealkylation sites (N-methyl/N-ethyl adjacent to an activating group) is 1. The van der Waals surface area contributed by atoms with E-state index in [-0.39, 0.29) is 5.91 Å². The number of benzene rings is 1. The third-order valence-electron chi connectivity index (χ3n) is 3.20. The van der Waals surface area contributed by atoms with E-state index in [1.54, 1.807) is 25.3 Å². The van der Waals surface area contributed by atoms with Crippen LogP contribution in [-0.4, -0.2) is 56.0 Å². The third-order valence-corrected chi connectivity index (χ3v) is 3.51. The average molecular weight is 269 g/mol. The van der Waals surface area contributed by atoms with Crippen molar-refractivity contribution in [2.75, 3.05) is 40.3 Å². The molecule has 1 amide bonds. The van der Waals surface area contributed by atoms with Crippen LogP contribution in [0.3, 0.4) is 0 Å². The van der Waals surface area contributed by atoms with Gasteiger partial charge in [-0.3, -0.25) is 4.79 Å². The molecule has 1 aromatic carbocycles. The van der Waals surface area contributed by atoms with Crippen LogP contribution in [0.4, 0.5) is 0 Å². The third kappa shape index (κ3) is 2.76. The van der Waals surface area contributed by atoms with Crippen LogP contribution in [0.1, 0.15) is 10.4 Å². The van der Waals surface area contributed by atoms with Gasteiger partial charge in [0.1, 0.15) is 5.75 Å². The summed E-state index contributed by atoms with van der Waals surface area (Å²) in [7, 11) is 3.63. The van der Waals surface area contributed by atoms with Gasteiger partial charge in [-0.15, -0.1) is 0 Å². The van der Waals surface area contributed by atoms with Gasteiger partial charge in [0.05, 0.1) is 17.7 Å². The Morgan fingerprint density at radius 1 is 1.28 bits per heavy atom. The second kappa shape index (κ2) is 5.59. The van der Waals surface area contributed by atoms with Crippen molar-refractivity contribution in [2.45, 2.75) is 0 Å². The van der Waals surface area contributed by atoms with Gasteiger partial charge < -0.3 is 14.5 Å². The largest absolute Gasteiger partial charge is 0.497 e. The molecular formula is C13H17ClN2O2. The Balaban J connectivity index is 2.13. The summed E-state index contributed by atoms with van der Waals surface area (Å²) in [5.41, 5.74) is 0.544. The summed E-state index contributed by atoms with van der Waals surface area (Å²) in [6.45, 7) is 3.30. The second-order valence-electron chi connectivity index (χ2n) is 4.44. The van der Waals surface area contributed by atoms with Crippen LogP contribution in [0.2, 0.25) is 5.02 Å². The number of amides is 1. The predicted molar refractivity (Wildman–Crippen MR) is 71.4 cm³/mol. The maximum absolute atomic E-state index is 12.3. The lowest BCUT2D eigenvalue weighted by molar-refractivity contribution is 0.0664. The number of hydrogen-bond acceptors (Lipinski definition) is 3. The van der Waals surface area contributed by atoms with Crippen molar-refractivity contribution >= 4 is 17.5 Å². The molecule has 2 rings (SSSR count). The van der Waals surface area contributed by atoms with E-state index in [0.717, 1.165) is 26.2 Å². The van der Waals surface area contributed by atoms with Gasteiger partial charge in [0.2, 0.25) is 0 Å². The number of carbonyl (C=O) groups excluding carboxylic acids is 1. The molecule has 4 nitrogen and oxygen atoms in total. The van der Waals surface area contributed by atoms with Gasteiger partial charge in [-0.1, -0.05) is 11.6 Å². The molecule has 5 heteroatoms. The molecule has 0 N–H and O–H groups in total. The first-order valence-corrected chi connectivity index (χ1v) is 6.31. The average Bonchev–Trinajstić information content (AvgIpc) is 2.38. The molecule has 0 radical (unpaired) electrons. The smallest absolute Gasteiger partial charge is 0.255 e. The van der Waals surface area contributed by atoms with E-state index in [0.29, 0.717) is 16.3 Å². The normalized spacial score (nSPS) is 16.7. The minimum absolute atomic E-state index is 0.00393. The van der Waals surface area contributed by atoms with Gasteiger partial charge in [0.25, 0.3) is 5.91 Å². The molecule has 18 heavy (non-hydrogen) atoms. The minimum Gasteiger partial charge on any atom is -0.497 e. The quantitative estimate of drug-likeness (QED) is 0.819. The monoisotopic (exact) mass is 268 g/mol. The van der Waals surface area contributed by atoms with Gasteiger partial charge in [-0.2, -0.15) is 0 Å². The fourth-order valence-electron chi connectivity index (χ4n) is 1.98. The molecule has 0 spiro atoms. The Bertz CT molecular complexity index is 443. The maximum Gasteiger partial charge on any atom is 0.255 e. The molecular weight excluding hydrogens is 252 g/mol. The fraction of sp³-hybridized carbons (Fsp3) is 0.462. The number of piperazine rings is 1. The highest BCUT2D eigenvalue weighted by atomic mass is 35.5. The van der Waals surface area contributed by atoms with Crippen LogP contribution < -0.4 is 4.74 Å². The summed E-state index contributed by atoms with van der Waals surface area (Å²) in [4.78, 5) is 16.4. The first-order valence-electron chi connectivity index (χ1n) is 5.93. The standard InChI is InChI=1S/C13H17ClN2O2/c1-15-5-7-16(8-6-15)13(17)11-4-3-10(18-2)9-12(11)14/h3-4,9H,5-8H2,1-2H3. The van der Waals surface area contributed by atoms with Gasteiger partial charge >= 0.3 is 0 Å². The van der Waals surface area contributed by atoms with Gasteiger partial charge in [0.15, 0.2) is 0 Å². The van der Waals surface area contributed by atoms with Crippen molar-refractivity contribution in [2.24, 2.45) is 0 Å². The van der Waals surface area contributed by atoms with Crippen molar-refractivity contribution in [3.8, 4) is 5.75 Å². The molecule has 1 aliphatic heterocycles. The zero-order valence-corrected chi connectivity index (χ0v) is 11.4. The zero-order chi connectivity index (χ0) is 13.1. The number of nitrogens with zero attached hydrogens (tertiary/aromatic N) is 2. The Morgan fingerprint density at radius 3 is 2.50 bits per heavy atom. The molecule has 1 saturated heterocycles. The minimum atomic E-state index is -0.00393. The molecule has 0 atom stereocenters. The summed E-state index contributed by atoms with van der Waals surface area (Å²) in [5, 5.41) is 0.443. The molecule has 1 fully saturated rings. The van der Waals surface area contributed by atoms with Crippen molar-refractivity contribution in [3.63, 3.8) is 0 Å². The summed E-state index contributed by atoms with van der Waals surface area (Å²) in [6, 6.07) is 5.15. The lowest BCUT2D eigenvalue weighted by Gasteiger charge is -2.32. The van der Waals surface area contributed by atoms with E-state index in [2.05, 4.69) is 11.9 Å². The highest BCUT2D eigenvalue weighted by Crippen LogP contribution is 2.23. The number of carbonyl (C=O) groups is 1. The van der Waals surface area contributed by atoms with Crippen LogP contribution in [-0.2, 0) is 0 Å². The summed E-state index contributed by atoms with van der Waals surface area (Å²) >= 11 is 6.11. The summed E-state index contributed by atoms with van der Waals surface area (Å²) in [5.74, 6) is 0.658. The van der Waals surface area contributed by atoms with Gasteiger partial charge in [-0.05, 0) is 25.2 Å². The predicted octanol–water partition coefficient (Wildman–Crippen LogP) is 1.74. The number of hydrogen-bond donors (Lipinski definition) is 0. The molecule has 1 aromatic rings. The van der Waals surface area contributed by atoms with Crippen LogP contribution in [0.25, 0.3) is 0 Å². The molecule has 98 valence electrons. The SMILES string of the molecule is COc1ccc(C(=O)N2CCN(C)CC2)c(Cl)c1. The van der Waals surface area contributed by atoms with Crippen molar-refractivity contribution in [3.05, 3.63) is 28.8 Å². The van der Waals surface area contributed by atoms with Crippen LogP contribution in [0, 0.1) is 0 Å². The van der Waals surface area contributed by atoms with Gasteiger partial charge in [-0.25, -0.2) is 0 Å². The maximum atomic E-state index is 12.3. The lowest BCUT2D eigenvalue weighted by Crippen LogP contribution is -2.47. The Labute approximate surface area is 112 Å². The zero-order valence-electron chi connectivity index (χ0n) is 10.6. The van der Waals surface area contributed by atoms with E-state index < -0.39 is 0 Å². The Kier molecular flexibility index (Phi) is 4.09. The molecule has 1 heterocycles.